The fourth-order valence-corrected chi connectivity index (χ4v) is 3.55. The van der Waals surface area contributed by atoms with Gasteiger partial charge in [-0.3, -0.25) is 4.79 Å². The highest BCUT2D eigenvalue weighted by atomic mass is 16.5. The zero-order chi connectivity index (χ0) is 19.1. The molecule has 28 heavy (non-hydrogen) atoms. The topological polar surface area (TPSA) is 95.2 Å². The van der Waals surface area contributed by atoms with Gasteiger partial charge in [-0.05, 0) is 35.2 Å². The third-order valence-corrected chi connectivity index (χ3v) is 4.92. The molecule has 2 aromatic carbocycles. The van der Waals surface area contributed by atoms with Gasteiger partial charge < -0.3 is 20.0 Å². The van der Waals surface area contributed by atoms with E-state index in [9.17, 15) is 4.79 Å². The molecule has 0 spiro atoms. The molecular weight excluding hydrogens is 354 g/mol. The summed E-state index contributed by atoms with van der Waals surface area (Å²) < 4.78 is 5.52. The van der Waals surface area contributed by atoms with E-state index in [4.69, 9.17) is 9.73 Å². The van der Waals surface area contributed by atoms with Gasteiger partial charge in [-0.25, -0.2) is 9.98 Å². The normalized spacial score (nSPS) is 12.7. The Hall–Kier alpha value is -3.87. The molecule has 5 rings (SSSR count). The average molecular weight is 371 g/mol. The third kappa shape index (κ3) is 2.64. The first-order valence-electron chi connectivity index (χ1n) is 8.87. The number of aromatic nitrogens is 3. The number of methoxy groups -OCH3 is 1. The molecule has 0 aliphatic carbocycles. The molecule has 7 nitrogen and oxygen atoms in total. The van der Waals surface area contributed by atoms with Gasteiger partial charge in [-0.1, -0.05) is 12.1 Å². The molecule has 0 radical (unpaired) electrons. The predicted octanol–water partition coefficient (Wildman–Crippen LogP) is 3.58. The van der Waals surface area contributed by atoms with Crippen molar-refractivity contribution in [2.24, 2.45) is 4.99 Å². The zero-order valence-electron chi connectivity index (χ0n) is 15.1. The number of imidazole rings is 1. The number of hydrogen-bond donors (Lipinski definition) is 3. The molecule has 4 aromatic rings. The van der Waals surface area contributed by atoms with Gasteiger partial charge in [0.05, 0.1) is 25.3 Å². The van der Waals surface area contributed by atoms with Crippen LogP contribution in [0.4, 0.5) is 5.69 Å². The molecule has 3 heterocycles. The number of ether oxygens (including phenoxy) is 1. The average Bonchev–Trinajstić information content (AvgIpc) is 3.46. The molecule has 0 saturated heterocycles. The fraction of sp³-hybridized carbons (Fsp3) is 0.0952. The van der Waals surface area contributed by atoms with E-state index >= 15 is 0 Å². The lowest BCUT2D eigenvalue weighted by Crippen LogP contribution is -2.30. The second-order valence-electron chi connectivity index (χ2n) is 6.58. The molecule has 0 atom stereocenters. The first kappa shape index (κ1) is 16.3. The van der Waals surface area contributed by atoms with E-state index in [2.05, 4.69) is 38.5 Å². The van der Waals surface area contributed by atoms with Crippen LogP contribution in [0.2, 0.25) is 0 Å². The summed E-state index contributed by atoms with van der Waals surface area (Å²) >= 11 is 0. The van der Waals surface area contributed by atoms with Gasteiger partial charge in [-0.15, -0.1) is 0 Å². The van der Waals surface area contributed by atoms with Crippen molar-refractivity contribution in [3.63, 3.8) is 0 Å². The zero-order valence-corrected chi connectivity index (χ0v) is 15.1. The maximum Gasteiger partial charge on any atom is 0.274 e. The number of rotatable bonds is 3. The Morgan fingerprint density at radius 1 is 1.18 bits per heavy atom. The fourth-order valence-electron chi connectivity index (χ4n) is 3.55. The lowest BCUT2D eigenvalue weighted by atomic mass is 9.98. The second-order valence-corrected chi connectivity index (χ2v) is 6.58. The van der Waals surface area contributed by atoms with Gasteiger partial charge >= 0.3 is 0 Å². The van der Waals surface area contributed by atoms with E-state index in [-0.39, 0.29) is 5.91 Å². The lowest BCUT2D eigenvalue weighted by Gasteiger charge is -2.11. The molecule has 138 valence electrons. The van der Waals surface area contributed by atoms with Gasteiger partial charge in [0.2, 0.25) is 0 Å². The van der Waals surface area contributed by atoms with Crippen molar-refractivity contribution in [1.29, 1.82) is 0 Å². The minimum absolute atomic E-state index is 0.266. The van der Waals surface area contributed by atoms with Crippen LogP contribution in [0.25, 0.3) is 22.0 Å². The summed E-state index contributed by atoms with van der Waals surface area (Å²) in [6.07, 6.45) is 5.37. The van der Waals surface area contributed by atoms with Crippen molar-refractivity contribution in [1.82, 2.24) is 20.3 Å². The number of fused-ring (bicyclic) bond motifs is 2. The lowest BCUT2D eigenvalue weighted by molar-refractivity contribution is 0.0972. The van der Waals surface area contributed by atoms with Crippen LogP contribution in [-0.2, 0) is 6.42 Å². The highest BCUT2D eigenvalue weighted by Gasteiger charge is 2.24. The minimum Gasteiger partial charge on any atom is -0.496 e. The Morgan fingerprint density at radius 3 is 2.93 bits per heavy atom. The summed E-state index contributed by atoms with van der Waals surface area (Å²) in [6, 6.07) is 12.3. The van der Waals surface area contributed by atoms with Gasteiger partial charge in [0.25, 0.3) is 5.91 Å². The molecule has 3 N–H and O–H groups in total. The van der Waals surface area contributed by atoms with Crippen molar-refractivity contribution in [2.45, 2.75) is 6.42 Å². The van der Waals surface area contributed by atoms with E-state index in [1.165, 1.54) is 12.5 Å². The van der Waals surface area contributed by atoms with Gasteiger partial charge in [0.1, 0.15) is 17.3 Å². The molecule has 1 aliphatic rings. The number of H-pyrrole nitrogens is 2. The van der Waals surface area contributed by atoms with Gasteiger partial charge in [-0.2, -0.15) is 0 Å². The van der Waals surface area contributed by atoms with Crippen LogP contribution in [0.1, 0.15) is 16.1 Å². The number of nitrogens with one attached hydrogen (secondary N) is 3. The number of carbonyl (C=O) groups is 1. The smallest absolute Gasteiger partial charge is 0.274 e. The number of benzene rings is 2. The summed E-state index contributed by atoms with van der Waals surface area (Å²) in [6.45, 7) is 0. The maximum absolute atomic E-state index is 12.3. The molecule has 0 fully saturated rings. The Bertz CT molecular complexity index is 1220. The third-order valence-electron chi connectivity index (χ3n) is 4.92. The summed E-state index contributed by atoms with van der Waals surface area (Å²) in [4.78, 5) is 27.0. The maximum atomic E-state index is 12.3. The first-order valence-corrected chi connectivity index (χ1v) is 8.87. The van der Waals surface area contributed by atoms with Crippen molar-refractivity contribution in [3.05, 3.63) is 66.4 Å². The SMILES string of the molecule is COc1ccc(-c2ccc3cc[nH]c3c2)c2c1CC(NC(=O)c1cnc[nH]1)=N2. The van der Waals surface area contributed by atoms with Crippen molar-refractivity contribution in [2.75, 3.05) is 7.11 Å². The Morgan fingerprint density at radius 2 is 2.11 bits per heavy atom. The molecular formula is C21H17N5O2. The first-order chi connectivity index (χ1) is 13.7. The highest BCUT2D eigenvalue weighted by molar-refractivity contribution is 6.09. The molecule has 1 amide bonds. The molecule has 0 unspecified atom stereocenters. The number of amides is 1. The van der Waals surface area contributed by atoms with Crippen LogP contribution in [0.3, 0.4) is 0 Å². The van der Waals surface area contributed by atoms with Gasteiger partial charge in [0, 0.05) is 29.3 Å². The number of hydrogen-bond acceptors (Lipinski definition) is 4. The van der Waals surface area contributed by atoms with E-state index in [1.54, 1.807) is 7.11 Å². The van der Waals surface area contributed by atoms with E-state index in [0.717, 1.165) is 39.0 Å². The molecule has 0 bridgehead atoms. The second kappa shape index (κ2) is 6.38. The summed E-state index contributed by atoms with van der Waals surface area (Å²) in [5.41, 5.74) is 5.30. The number of aliphatic imine (C=N–C) groups is 1. The number of nitrogens with zero attached hydrogens (tertiary/aromatic N) is 2. The van der Waals surface area contributed by atoms with Crippen molar-refractivity contribution in [3.8, 4) is 16.9 Å². The highest BCUT2D eigenvalue weighted by Crippen LogP contribution is 2.42. The van der Waals surface area contributed by atoms with Crippen molar-refractivity contribution < 1.29 is 9.53 Å². The van der Waals surface area contributed by atoms with E-state index in [1.807, 2.05) is 24.4 Å². The van der Waals surface area contributed by atoms with Crippen LogP contribution in [-0.4, -0.2) is 33.8 Å². The van der Waals surface area contributed by atoms with Crippen LogP contribution in [0.15, 0.2) is 60.1 Å². The monoisotopic (exact) mass is 371 g/mol. The quantitative estimate of drug-likeness (QED) is 0.514. The summed E-state index contributed by atoms with van der Waals surface area (Å²) in [5.74, 6) is 1.08. The summed E-state index contributed by atoms with van der Waals surface area (Å²) in [5, 5.41) is 4.02. The van der Waals surface area contributed by atoms with Crippen LogP contribution < -0.4 is 10.1 Å². The number of amidine groups is 1. The Kier molecular flexibility index (Phi) is 3.72. The number of carbonyl (C=O) groups excluding carboxylic acids is 1. The molecule has 2 aromatic heterocycles. The summed E-state index contributed by atoms with van der Waals surface area (Å²) in [7, 11) is 1.64. The standard InChI is InChI=1S/C21H17N5O2/c1-28-18-5-4-14(13-3-2-12-6-7-23-16(12)8-13)20-15(18)9-19(25-20)26-21(27)17-10-22-11-24-17/h2-8,10-11,23H,9H2,1H3,(H,22,24)(H,25,26,27). The Labute approximate surface area is 160 Å². The van der Waals surface area contributed by atoms with Crippen molar-refractivity contribution >= 4 is 28.3 Å². The van der Waals surface area contributed by atoms with E-state index in [0.29, 0.717) is 18.0 Å². The minimum atomic E-state index is -0.266. The predicted molar refractivity (Wildman–Crippen MR) is 107 cm³/mol. The largest absolute Gasteiger partial charge is 0.496 e. The molecule has 0 saturated carbocycles. The molecule has 1 aliphatic heterocycles. The molecule has 7 heteroatoms. The Balaban J connectivity index is 1.55. The van der Waals surface area contributed by atoms with Crippen LogP contribution in [0.5, 0.6) is 5.75 Å². The van der Waals surface area contributed by atoms with Gasteiger partial charge in [0.15, 0.2) is 0 Å². The van der Waals surface area contributed by atoms with Crippen LogP contribution >= 0.6 is 0 Å². The van der Waals surface area contributed by atoms with E-state index < -0.39 is 0 Å². The van der Waals surface area contributed by atoms with Crippen LogP contribution in [0, 0.1) is 0 Å². The number of aromatic amines is 2.